The first-order chi connectivity index (χ1) is 13.3. The van der Waals surface area contributed by atoms with Gasteiger partial charge >= 0.3 is 0 Å². The molecule has 6 rings (SSSR count). The largest absolute Gasteiger partial charge is 0.443 e. The molecule has 0 atom stereocenters. The topological polar surface area (TPSA) is 54.7 Å². The number of hydrogen-bond acceptors (Lipinski definition) is 4. The van der Waals surface area contributed by atoms with Crippen LogP contribution in [0.25, 0.3) is 54.0 Å². The second kappa shape index (κ2) is 5.53. The minimum absolute atomic E-state index is 0.783. The normalized spacial score (nSPS) is 11.7. The fraction of sp³-hybridized carbons (Fsp3) is 0. The molecule has 0 saturated heterocycles. The number of aromatic amines is 1. The minimum atomic E-state index is 0.783. The van der Waals surface area contributed by atoms with Gasteiger partial charge in [0.2, 0.25) is 0 Å². The van der Waals surface area contributed by atoms with Gasteiger partial charge in [-0.15, -0.1) is 11.3 Å². The second-order valence-corrected chi connectivity index (χ2v) is 7.54. The summed E-state index contributed by atoms with van der Waals surface area (Å²) in [6, 6.07) is 22.9. The Hall–Kier alpha value is -3.44. The number of aromatic nitrogens is 3. The molecule has 0 saturated carbocycles. The van der Waals surface area contributed by atoms with Crippen molar-refractivity contribution in [2.24, 2.45) is 0 Å². The van der Waals surface area contributed by atoms with Crippen molar-refractivity contribution in [2.75, 3.05) is 0 Å². The number of fused-ring (bicyclic) bond motifs is 3. The lowest BCUT2D eigenvalue weighted by Crippen LogP contribution is -1.78. The van der Waals surface area contributed by atoms with Crippen LogP contribution < -0.4 is 0 Å². The van der Waals surface area contributed by atoms with Gasteiger partial charge in [0.15, 0.2) is 12.0 Å². The van der Waals surface area contributed by atoms with E-state index in [0.717, 1.165) is 44.0 Å². The molecule has 0 spiro atoms. The van der Waals surface area contributed by atoms with Crippen LogP contribution in [0.15, 0.2) is 77.5 Å². The first-order valence-electron chi connectivity index (χ1n) is 8.66. The average Bonchev–Trinajstić information content (AvgIpc) is 3.42. The van der Waals surface area contributed by atoms with Crippen molar-refractivity contribution in [3.05, 3.63) is 73.1 Å². The van der Waals surface area contributed by atoms with Crippen molar-refractivity contribution < 1.29 is 4.42 Å². The van der Waals surface area contributed by atoms with E-state index in [2.05, 4.69) is 52.4 Å². The molecule has 128 valence electrons. The van der Waals surface area contributed by atoms with E-state index < -0.39 is 0 Å². The Morgan fingerprint density at radius 1 is 0.852 bits per heavy atom. The van der Waals surface area contributed by atoms with E-state index in [1.54, 1.807) is 11.3 Å². The summed E-state index contributed by atoms with van der Waals surface area (Å²) >= 11 is 1.69. The number of benzene rings is 3. The van der Waals surface area contributed by atoms with Gasteiger partial charge in [-0.2, -0.15) is 0 Å². The summed E-state index contributed by atoms with van der Waals surface area (Å²) in [5, 5.41) is 2.20. The van der Waals surface area contributed by atoms with Crippen molar-refractivity contribution in [3.63, 3.8) is 0 Å². The number of H-pyrrole nitrogens is 1. The van der Waals surface area contributed by atoms with Crippen LogP contribution in [0.4, 0.5) is 0 Å². The summed E-state index contributed by atoms with van der Waals surface area (Å²) in [5.41, 5.74) is 7.09. The molecule has 0 aliphatic heterocycles. The van der Waals surface area contributed by atoms with Crippen LogP contribution in [0, 0.1) is 0 Å². The first kappa shape index (κ1) is 14.7. The maximum Gasteiger partial charge on any atom is 0.181 e. The van der Waals surface area contributed by atoms with E-state index in [4.69, 9.17) is 9.40 Å². The zero-order valence-electron chi connectivity index (χ0n) is 14.1. The Kier molecular flexibility index (Phi) is 3.01. The Morgan fingerprint density at radius 2 is 1.78 bits per heavy atom. The van der Waals surface area contributed by atoms with E-state index in [9.17, 15) is 0 Å². The third-order valence-corrected chi connectivity index (χ3v) is 5.89. The average molecular weight is 367 g/mol. The molecule has 3 heterocycles. The quantitative estimate of drug-likeness (QED) is 0.393. The number of nitrogens with zero attached hydrogens (tertiary/aromatic N) is 2. The summed E-state index contributed by atoms with van der Waals surface area (Å²) < 4.78 is 6.59. The Balaban J connectivity index is 1.46. The van der Waals surface area contributed by atoms with Gasteiger partial charge in [0.1, 0.15) is 10.5 Å². The van der Waals surface area contributed by atoms with Crippen LogP contribution in [0.3, 0.4) is 0 Å². The highest BCUT2D eigenvalue weighted by Crippen LogP contribution is 2.34. The van der Waals surface area contributed by atoms with Gasteiger partial charge in [0.25, 0.3) is 0 Å². The molecule has 3 aromatic carbocycles. The predicted molar refractivity (Wildman–Crippen MR) is 110 cm³/mol. The number of hydrogen-bond donors (Lipinski definition) is 1. The third-order valence-electron chi connectivity index (χ3n) is 4.81. The molecule has 3 aromatic heterocycles. The molecular weight excluding hydrogens is 354 g/mol. The molecule has 27 heavy (non-hydrogen) atoms. The predicted octanol–water partition coefficient (Wildman–Crippen LogP) is 6.25. The van der Waals surface area contributed by atoms with Crippen LogP contribution >= 0.6 is 11.3 Å². The molecule has 6 aromatic rings. The molecule has 0 aliphatic carbocycles. The number of oxazole rings is 1. The van der Waals surface area contributed by atoms with Crippen LogP contribution in [-0.2, 0) is 0 Å². The van der Waals surface area contributed by atoms with Gasteiger partial charge in [0, 0.05) is 27.7 Å². The standard InChI is InChI=1S/C22H13N3OS/c1-2-4-16-13(3-1)9-18(24-16)14-6-8-21-19(10-14)25-22(27-21)15-5-7-17-20(11-15)26-12-23-17/h1-12,24H. The lowest BCUT2D eigenvalue weighted by molar-refractivity contribution is 0.602. The van der Waals surface area contributed by atoms with Crippen LogP contribution in [0.5, 0.6) is 0 Å². The van der Waals surface area contributed by atoms with Gasteiger partial charge in [0.05, 0.1) is 10.2 Å². The lowest BCUT2D eigenvalue weighted by atomic mass is 10.1. The summed E-state index contributed by atoms with van der Waals surface area (Å²) in [4.78, 5) is 12.5. The molecule has 4 nitrogen and oxygen atoms in total. The SMILES string of the molecule is c1ccc2[nH]c(-c3ccc4sc(-c5ccc6ncoc6c5)nc4c3)cc2c1. The second-order valence-electron chi connectivity index (χ2n) is 6.51. The summed E-state index contributed by atoms with van der Waals surface area (Å²) in [6.07, 6.45) is 1.47. The third kappa shape index (κ3) is 2.36. The number of nitrogens with one attached hydrogen (secondary N) is 1. The monoisotopic (exact) mass is 367 g/mol. The zero-order chi connectivity index (χ0) is 17.8. The highest BCUT2D eigenvalue weighted by molar-refractivity contribution is 7.21. The first-order valence-corrected chi connectivity index (χ1v) is 9.47. The van der Waals surface area contributed by atoms with Crippen molar-refractivity contribution in [1.82, 2.24) is 15.0 Å². The summed E-state index contributed by atoms with van der Waals surface area (Å²) in [6.45, 7) is 0. The van der Waals surface area contributed by atoms with Gasteiger partial charge in [-0.1, -0.05) is 24.3 Å². The van der Waals surface area contributed by atoms with Crippen LogP contribution in [0.1, 0.15) is 0 Å². The molecule has 0 fully saturated rings. The van der Waals surface area contributed by atoms with Gasteiger partial charge in [-0.05, 0) is 42.5 Å². The van der Waals surface area contributed by atoms with Gasteiger partial charge in [-0.3, -0.25) is 0 Å². The highest BCUT2D eigenvalue weighted by Gasteiger charge is 2.10. The maximum atomic E-state index is 5.42. The lowest BCUT2D eigenvalue weighted by Gasteiger charge is -1.97. The van der Waals surface area contributed by atoms with E-state index in [0.29, 0.717) is 0 Å². The van der Waals surface area contributed by atoms with Crippen LogP contribution in [-0.4, -0.2) is 15.0 Å². The maximum absolute atomic E-state index is 5.42. The Bertz CT molecular complexity index is 1410. The molecule has 0 amide bonds. The van der Waals surface area contributed by atoms with Crippen molar-refractivity contribution in [2.45, 2.75) is 0 Å². The summed E-state index contributed by atoms with van der Waals surface area (Å²) in [5.74, 6) is 0. The van der Waals surface area contributed by atoms with Crippen molar-refractivity contribution >= 4 is 43.6 Å². The fourth-order valence-corrected chi connectivity index (χ4v) is 4.38. The number of para-hydroxylation sites is 1. The minimum Gasteiger partial charge on any atom is -0.443 e. The van der Waals surface area contributed by atoms with Gasteiger partial charge < -0.3 is 9.40 Å². The Morgan fingerprint density at radius 3 is 2.74 bits per heavy atom. The van der Waals surface area contributed by atoms with Crippen molar-refractivity contribution in [1.29, 1.82) is 0 Å². The molecule has 0 bridgehead atoms. The molecule has 0 unspecified atom stereocenters. The molecule has 5 heteroatoms. The smallest absolute Gasteiger partial charge is 0.181 e. The Labute approximate surface area is 158 Å². The highest BCUT2D eigenvalue weighted by atomic mass is 32.1. The fourth-order valence-electron chi connectivity index (χ4n) is 3.44. The number of rotatable bonds is 2. The zero-order valence-corrected chi connectivity index (χ0v) is 15.0. The molecule has 0 radical (unpaired) electrons. The van der Waals surface area contributed by atoms with Crippen molar-refractivity contribution in [3.8, 4) is 21.8 Å². The molecular formula is C22H13N3OS. The van der Waals surface area contributed by atoms with E-state index in [1.165, 1.54) is 16.5 Å². The molecule has 1 N–H and O–H groups in total. The number of thiazole rings is 1. The van der Waals surface area contributed by atoms with E-state index >= 15 is 0 Å². The van der Waals surface area contributed by atoms with E-state index in [1.807, 2.05) is 24.3 Å². The molecule has 0 aliphatic rings. The van der Waals surface area contributed by atoms with E-state index in [-0.39, 0.29) is 0 Å². The van der Waals surface area contributed by atoms with Gasteiger partial charge in [-0.25, -0.2) is 9.97 Å². The summed E-state index contributed by atoms with van der Waals surface area (Å²) in [7, 11) is 0. The van der Waals surface area contributed by atoms with Crippen LogP contribution in [0.2, 0.25) is 0 Å².